The molecule has 0 unspecified atom stereocenters. The Labute approximate surface area is 236 Å². The number of hydrogen-bond donors (Lipinski definition) is 2. The first kappa shape index (κ1) is 26.3. The fraction of sp³-hybridized carbons (Fsp3) is 0.129. The minimum absolute atomic E-state index is 0.326. The SMILES string of the molecule is CNC(=O)c1c(-c2ccc(C)cc2)oc2cc(N(C)S(C)(=O)=O)c(-c3cc(-c4cc5ccccc5[nH]4)cnn3)cc12. The van der Waals surface area contributed by atoms with Gasteiger partial charge < -0.3 is 14.7 Å². The minimum atomic E-state index is -3.66. The van der Waals surface area contributed by atoms with Crippen molar-refractivity contribution < 1.29 is 17.6 Å². The zero-order valence-electron chi connectivity index (χ0n) is 22.9. The lowest BCUT2D eigenvalue weighted by molar-refractivity contribution is 0.0964. The molecule has 6 rings (SSSR count). The van der Waals surface area contributed by atoms with Crippen molar-refractivity contribution in [1.82, 2.24) is 20.5 Å². The summed E-state index contributed by atoms with van der Waals surface area (Å²) in [5.41, 5.74) is 6.38. The molecule has 0 atom stereocenters. The summed E-state index contributed by atoms with van der Waals surface area (Å²) in [4.78, 5) is 16.6. The van der Waals surface area contributed by atoms with Gasteiger partial charge in [0.25, 0.3) is 5.91 Å². The zero-order chi connectivity index (χ0) is 28.9. The Kier molecular flexibility index (Phi) is 6.34. The van der Waals surface area contributed by atoms with E-state index in [-0.39, 0.29) is 5.91 Å². The van der Waals surface area contributed by atoms with Crippen molar-refractivity contribution in [1.29, 1.82) is 0 Å². The molecule has 0 aliphatic carbocycles. The Balaban J connectivity index is 1.61. The van der Waals surface area contributed by atoms with Crippen LogP contribution < -0.4 is 9.62 Å². The number of nitrogens with one attached hydrogen (secondary N) is 2. The molecule has 3 aromatic heterocycles. The van der Waals surface area contributed by atoms with Gasteiger partial charge in [-0.05, 0) is 31.2 Å². The van der Waals surface area contributed by atoms with Gasteiger partial charge >= 0.3 is 0 Å². The Bertz CT molecular complexity index is 2030. The van der Waals surface area contributed by atoms with Crippen LogP contribution in [0.15, 0.2) is 83.4 Å². The summed E-state index contributed by atoms with van der Waals surface area (Å²) in [6.07, 6.45) is 2.78. The van der Waals surface area contributed by atoms with Gasteiger partial charge in [-0.2, -0.15) is 10.2 Å². The number of aryl methyl sites for hydroxylation is 1. The largest absolute Gasteiger partial charge is 0.455 e. The van der Waals surface area contributed by atoms with Crippen molar-refractivity contribution in [3.8, 4) is 33.8 Å². The van der Waals surface area contributed by atoms with Crippen LogP contribution in [0.2, 0.25) is 0 Å². The fourth-order valence-electron chi connectivity index (χ4n) is 4.91. The van der Waals surface area contributed by atoms with Gasteiger partial charge in [0.2, 0.25) is 10.0 Å². The van der Waals surface area contributed by atoms with E-state index in [2.05, 4.69) is 20.5 Å². The number of aromatic amines is 1. The first-order valence-electron chi connectivity index (χ1n) is 12.9. The van der Waals surface area contributed by atoms with Gasteiger partial charge in [0, 0.05) is 58.8 Å². The lowest BCUT2D eigenvalue weighted by Gasteiger charge is -2.20. The van der Waals surface area contributed by atoms with E-state index >= 15 is 0 Å². The van der Waals surface area contributed by atoms with Crippen LogP contribution in [0.25, 0.3) is 55.7 Å². The quantitative estimate of drug-likeness (QED) is 0.265. The van der Waals surface area contributed by atoms with Crippen molar-refractivity contribution in [2.45, 2.75) is 6.92 Å². The fourth-order valence-corrected chi connectivity index (χ4v) is 5.42. The van der Waals surface area contributed by atoms with Crippen LogP contribution in [0.4, 0.5) is 5.69 Å². The number of sulfonamides is 1. The maximum absolute atomic E-state index is 13.2. The van der Waals surface area contributed by atoms with Gasteiger partial charge in [0.15, 0.2) is 0 Å². The highest BCUT2D eigenvalue weighted by atomic mass is 32.2. The highest BCUT2D eigenvalue weighted by Crippen LogP contribution is 2.41. The van der Waals surface area contributed by atoms with Gasteiger partial charge in [0.05, 0.1) is 29.4 Å². The third-order valence-corrected chi connectivity index (χ3v) is 8.37. The summed E-state index contributed by atoms with van der Waals surface area (Å²) in [6, 6.07) is 22.8. The minimum Gasteiger partial charge on any atom is -0.455 e. The molecule has 0 bridgehead atoms. The van der Waals surface area contributed by atoms with Crippen LogP contribution in [-0.4, -0.2) is 49.9 Å². The molecule has 2 N–H and O–H groups in total. The van der Waals surface area contributed by atoms with E-state index in [0.29, 0.717) is 39.2 Å². The number of hydrogen-bond acceptors (Lipinski definition) is 6. The number of anilines is 1. The Morgan fingerprint density at radius 3 is 2.46 bits per heavy atom. The predicted molar refractivity (Wildman–Crippen MR) is 161 cm³/mol. The number of carbonyl (C=O) groups excluding carboxylic acids is 1. The normalized spacial score (nSPS) is 11.7. The summed E-state index contributed by atoms with van der Waals surface area (Å²) >= 11 is 0. The van der Waals surface area contributed by atoms with E-state index in [1.807, 2.05) is 67.6 Å². The van der Waals surface area contributed by atoms with Crippen LogP contribution in [-0.2, 0) is 10.0 Å². The number of benzene rings is 3. The molecule has 41 heavy (non-hydrogen) atoms. The van der Waals surface area contributed by atoms with Crippen molar-refractivity contribution in [2.24, 2.45) is 0 Å². The maximum atomic E-state index is 13.2. The van der Waals surface area contributed by atoms with Crippen molar-refractivity contribution in [3.05, 3.63) is 90.1 Å². The monoisotopic (exact) mass is 565 g/mol. The number of para-hydroxylation sites is 1. The van der Waals surface area contributed by atoms with Crippen molar-refractivity contribution in [3.63, 3.8) is 0 Å². The zero-order valence-corrected chi connectivity index (χ0v) is 23.7. The lowest BCUT2D eigenvalue weighted by Crippen LogP contribution is -2.25. The van der Waals surface area contributed by atoms with E-state index in [9.17, 15) is 13.2 Å². The molecule has 1 amide bonds. The van der Waals surface area contributed by atoms with Gasteiger partial charge in [0.1, 0.15) is 11.3 Å². The molecule has 0 fully saturated rings. The third-order valence-electron chi connectivity index (χ3n) is 7.18. The van der Waals surface area contributed by atoms with Gasteiger partial charge in [-0.3, -0.25) is 9.10 Å². The molecule has 10 heteroatoms. The highest BCUT2D eigenvalue weighted by molar-refractivity contribution is 7.92. The second kappa shape index (κ2) is 9.90. The molecular weight excluding hydrogens is 538 g/mol. The Morgan fingerprint density at radius 2 is 1.76 bits per heavy atom. The predicted octanol–water partition coefficient (Wildman–Crippen LogP) is 5.77. The van der Waals surface area contributed by atoms with Gasteiger partial charge in [-0.15, -0.1) is 0 Å². The second-order valence-corrected chi connectivity index (χ2v) is 12.0. The van der Waals surface area contributed by atoms with Crippen LogP contribution in [0, 0.1) is 6.92 Å². The molecule has 0 aliphatic heterocycles. The molecular formula is C31H27N5O4S. The number of furan rings is 1. The van der Waals surface area contributed by atoms with E-state index < -0.39 is 10.0 Å². The molecule has 0 saturated carbocycles. The smallest absolute Gasteiger partial charge is 0.255 e. The highest BCUT2D eigenvalue weighted by Gasteiger charge is 2.26. The van der Waals surface area contributed by atoms with E-state index in [0.717, 1.165) is 39.5 Å². The molecule has 206 valence electrons. The summed E-state index contributed by atoms with van der Waals surface area (Å²) in [6.45, 7) is 1.98. The molecule has 3 aromatic carbocycles. The number of aromatic nitrogens is 3. The third kappa shape index (κ3) is 4.72. The van der Waals surface area contributed by atoms with Crippen LogP contribution in [0.5, 0.6) is 0 Å². The number of amides is 1. The standard InChI is InChI=1S/C31H27N5O4S/c1-18-9-11-19(12-10-18)30-29(31(37)32-2)23-15-22(27(16-28(23)40-30)36(3)41(4,38)39)26-14-21(17-33-35-26)25-13-20-7-5-6-8-24(20)34-25/h5-17,34H,1-4H3,(H,32,37). The van der Waals surface area contributed by atoms with E-state index in [1.54, 1.807) is 25.4 Å². The lowest BCUT2D eigenvalue weighted by atomic mass is 10.00. The number of H-pyrrole nitrogens is 1. The topological polar surface area (TPSA) is 121 Å². The van der Waals surface area contributed by atoms with Gasteiger partial charge in [-0.25, -0.2) is 8.42 Å². The molecule has 6 aromatic rings. The first-order chi connectivity index (χ1) is 19.6. The van der Waals surface area contributed by atoms with Gasteiger partial charge in [-0.1, -0.05) is 48.0 Å². The van der Waals surface area contributed by atoms with Crippen LogP contribution >= 0.6 is 0 Å². The van der Waals surface area contributed by atoms with E-state index in [1.165, 1.54) is 11.4 Å². The molecule has 3 heterocycles. The molecule has 0 saturated heterocycles. The van der Waals surface area contributed by atoms with Crippen molar-refractivity contribution >= 4 is 43.5 Å². The summed E-state index contributed by atoms with van der Waals surface area (Å²) in [7, 11) is -0.630. The Morgan fingerprint density at radius 1 is 1.00 bits per heavy atom. The molecule has 0 spiro atoms. The average Bonchev–Trinajstić information content (AvgIpc) is 3.57. The first-order valence-corrected chi connectivity index (χ1v) is 14.7. The summed E-state index contributed by atoms with van der Waals surface area (Å²) in [5, 5.41) is 12.9. The summed E-state index contributed by atoms with van der Waals surface area (Å²) in [5.74, 6) is 0.0646. The number of nitrogens with zero attached hydrogens (tertiary/aromatic N) is 3. The summed E-state index contributed by atoms with van der Waals surface area (Å²) < 4.78 is 32.8. The number of rotatable bonds is 6. The average molecular weight is 566 g/mol. The van der Waals surface area contributed by atoms with E-state index in [4.69, 9.17) is 4.42 Å². The molecule has 0 aliphatic rings. The van der Waals surface area contributed by atoms with Crippen LogP contribution in [0.3, 0.4) is 0 Å². The van der Waals surface area contributed by atoms with Crippen LogP contribution in [0.1, 0.15) is 15.9 Å². The maximum Gasteiger partial charge on any atom is 0.255 e. The Hall–Kier alpha value is -4.96. The number of fused-ring (bicyclic) bond motifs is 2. The molecule has 9 nitrogen and oxygen atoms in total. The van der Waals surface area contributed by atoms with Crippen molar-refractivity contribution in [2.75, 3.05) is 24.7 Å². The second-order valence-electron chi connectivity index (χ2n) is 9.95. The number of carbonyl (C=O) groups is 1. The molecule has 0 radical (unpaired) electrons.